The van der Waals surface area contributed by atoms with Crippen LogP contribution >= 0.6 is 11.8 Å². The highest BCUT2D eigenvalue weighted by atomic mass is 32.2. The minimum absolute atomic E-state index is 0.266. The van der Waals surface area contributed by atoms with E-state index in [1.165, 1.54) is 16.1 Å². The molecule has 2 N–H and O–H groups in total. The number of anilines is 1. The zero-order chi connectivity index (χ0) is 10.7. The minimum Gasteiger partial charge on any atom is -0.396 e. The van der Waals surface area contributed by atoms with Crippen molar-refractivity contribution in [3.8, 4) is 0 Å². The zero-order valence-electron chi connectivity index (χ0n) is 8.99. The predicted molar refractivity (Wildman–Crippen MR) is 65.7 cm³/mol. The van der Waals surface area contributed by atoms with Crippen molar-refractivity contribution in [3.05, 3.63) is 23.8 Å². The highest BCUT2D eigenvalue weighted by Gasteiger charge is 2.19. The molecule has 0 spiro atoms. The van der Waals surface area contributed by atoms with E-state index in [0.717, 1.165) is 18.6 Å². The number of nitrogens with one attached hydrogen (secondary N) is 1. The molecule has 2 rings (SSSR count). The van der Waals surface area contributed by atoms with Gasteiger partial charge >= 0.3 is 0 Å². The van der Waals surface area contributed by atoms with Gasteiger partial charge in [0.2, 0.25) is 0 Å². The van der Waals surface area contributed by atoms with Gasteiger partial charge in [-0.05, 0) is 24.5 Å². The largest absolute Gasteiger partial charge is 0.396 e. The molecular formula is C12H17NOS. The average Bonchev–Trinajstić information content (AvgIpc) is 2.28. The number of para-hydroxylation sites is 1. The molecule has 0 radical (unpaired) electrons. The molecule has 1 aliphatic rings. The molecule has 0 fully saturated rings. The van der Waals surface area contributed by atoms with Crippen molar-refractivity contribution in [1.29, 1.82) is 0 Å². The topological polar surface area (TPSA) is 32.3 Å². The Balaban J connectivity index is 2.22. The van der Waals surface area contributed by atoms with Crippen LogP contribution in [-0.4, -0.2) is 23.5 Å². The van der Waals surface area contributed by atoms with Gasteiger partial charge in [-0.2, -0.15) is 0 Å². The Morgan fingerprint density at radius 2 is 2.40 bits per heavy atom. The van der Waals surface area contributed by atoms with Crippen LogP contribution in [0, 0.1) is 0 Å². The number of aryl methyl sites for hydroxylation is 1. The predicted octanol–water partition coefficient (Wildman–Crippen LogP) is 2.52. The van der Waals surface area contributed by atoms with Crippen LogP contribution in [0.3, 0.4) is 0 Å². The van der Waals surface area contributed by atoms with Crippen molar-refractivity contribution in [2.24, 2.45) is 0 Å². The third-order valence-corrected chi connectivity index (χ3v) is 3.98. The normalized spacial score (nSPS) is 19.5. The fourth-order valence-electron chi connectivity index (χ4n) is 1.90. The van der Waals surface area contributed by atoms with Crippen LogP contribution in [0.2, 0.25) is 0 Å². The number of hydrogen-bond donors (Lipinski definition) is 2. The fraction of sp³-hybridized carbons (Fsp3) is 0.500. The molecule has 0 bridgehead atoms. The maximum atomic E-state index is 8.94. The summed E-state index contributed by atoms with van der Waals surface area (Å²) in [7, 11) is 0. The van der Waals surface area contributed by atoms with Crippen molar-refractivity contribution in [3.63, 3.8) is 0 Å². The van der Waals surface area contributed by atoms with E-state index < -0.39 is 0 Å². The first-order valence-corrected chi connectivity index (χ1v) is 6.45. The van der Waals surface area contributed by atoms with Crippen LogP contribution in [0.15, 0.2) is 23.1 Å². The Labute approximate surface area is 95.1 Å². The summed E-state index contributed by atoms with van der Waals surface area (Å²) in [5, 5.41) is 12.5. The number of thioether (sulfide) groups is 1. The van der Waals surface area contributed by atoms with Gasteiger partial charge in [-0.15, -0.1) is 11.8 Å². The van der Waals surface area contributed by atoms with Crippen molar-refractivity contribution >= 4 is 17.4 Å². The lowest BCUT2D eigenvalue weighted by Crippen LogP contribution is -2.27. The standard InChI is InChI=1S/C12H17NOS/c1-2-9-4-3-5-11-12(9)13-10(6-7-14)8-15-11/h3-5,10,13-14H,2,6-8H2,1H3. The van der Waals surface area contributed by atoms with E-state index >= 15 is 0 Å². The molecule has 1 atom stereocenters. The van der Waals surface area contributed by atoms with Crippen molar-refractivity contribution in [2.45, 2.75) is 30.7 Å². The lowest BCUT2D eigenvalue weighted by atomic mass is 10.1. The summed E-state index contributed by atoms with van der Waals surface area (Å²) >= 11 is 1.89. The Hall–Kier alpha value is -0.670. The van der Waals surface area contributed by atoms with Crippen LogP contribution in [0.1, 0.15) is 18.9 Å². The Morgan fingerprint density at radius 1 is 1.53 bits per heavy atom. The molecule has 15 heavy (non-hydrogen) atoms. The molecule has 1 aromatic rings. The number of aliphatic hydroxyl groups excluding tert-OH is 1. The van der Waals surface area contributed by atoms with Crippen LogP contribution in [0.25, 0.3) is 0 Å². The van der Waals surface area contributed by atoms with Gasteiger partial charge in [0, 0.05) is 23.3 Å². The second-order valence-electron chi connectivity index (χ2n) is 3.81. The van der Waals surface area contributed by atoms with Gasteiger partial charge < -0.3 is 10.4 Å². The van der Waals surface area contributed by atoms with Gasteiger partial charge in [-0.1, -0.05) is 19.1 Å². The van der Waals surface area contributed by atoms with E-state index in [-0.39, 0.29) is 6.61 Å². The lowest BCUT2D eigenvalue weighted by Gasteiger charge is -2.27. The smallest absolute Gasteiger partial charge is 0.0513 e. The zero-order valence-corrected chi connectivity index (χ0v) is 9.81. The molecule has 82 valence electrons. The first-order chi connectivity index (χ1) is 7.35. The Bertz CT molecular complexity index is 326. The summed E-state index contributed by atoms with van der Waals surface area (Å²) < 4.78 is 0. The molecule has 3 heteroatoms. The molecule has 2 nitrogen and oxygen atoms in total. The number of hydrogen-bond acceptors (Lipinski definition) is 3. The van der Waals surface area contributed by atoms with E-state index in [2.05, 4.69) is 30.4 Å². The first-order valence-electron chi connectivity index (χ1n) is 5.47. The molecule has 1 heterocycles. The van der Waals surface area contributed by atoms with Crippen LogP contribution < -0.4 is 5.32 Å². The molecule has 0 saturated carbocycles. The minimum atomic E-state index is 0.266. The third-order valence-electron chi connectivity index (χ3n) is 2.76. The summed E-state index contributed by atoms with van der Waals surface area (Å²) in [6, 6.07) is 6.88. The van der Waals surface area contributed by atoms with Gasteiger partial charge in [0.25, 0.3) is 0 Å². The molecule has 1 unspecified atom stereocenters. The van der Waals surface area contributed by atoms with E-state index in [1.54, 1.807) is 0 Å². The van der Waals surface area contributed by atoms with Crippen molar-refractivity contribution in [2.75, 3.05) is 17.7 Å². The maximum Gasteiger partial charge on any atom is 0.0513 e. The number of rotatable bonds is 3. The SMILES string of the molecule is CCc1cccc2c1NC(CCO)CS2. The first kappa shape index (κ1) is 10.8. The van der Waals surface area contributed by atoms with Crippen molar-refractivity contribution < 1.29 is 5.11 Å². The summed E-state index contributed by atoms with van der Waals surface area (Å²) in [6.45, 7) is 2.44. The van der Waals surface area contributed by atoms with E-state index in [4.69, 9.17) is 5.11 Å². The summed E-state index contributed by atoms with van der Waals surface area (Å²) in [5.41, 5.74) is 2.66. The number of fused-ring (bicyclic) bond motifs is 1. The average molecular weight is 223 g/mol. The van der Waals surface area contributed by atoms with Gasteiger partial charge in [0.05, 0.1) is 5.69 Å². The van der Waals surface area contributed by atoms with Crippen LogP contribution in [-0.2, 0) is 6.42 Å². The Kier molecular flexibility index (Phi) is 3.54. The van der Waals surface area contributed by atoms with Gasteiger partial charge in [-0.3, -0.25) is 0 Å². The van der Waals surface area contributed by atoms with Crippen LogP contribution in [0.5, 0.6) is 0 Å². The lowest BCUT2D eigenvalue weighted by molar-refractivity contribution is 0.282. The number of benzene rings is 1. The maximum absolute atomic E-state index is 8.94. The molecular weight excluding hydrogens is 206 g/mol. The molecule has 1 aliphatic heterocycles. The Morgan fingerprint density at radius 3 is 3.13 bits per heavy atom. The van der Waals surface area contributed by atoms with E-state index in [9.17, 15) is 0 Å². The summed E-state index contributed by atoms with van der Waals surface area (Å²) in [4.78, 5) is 1.35. The van der Waals surface area contributed by atoms with Gasteiger partial charge in [-0.25, -0.2) is 0 Å². The molecule has 0 aromatic heterocycles. The summed E-state index contributed by atoms with van der Waals surface area (Å²) in [5.74, 6) is 1.06. The van der Waals surface area contributed by atoms with Crippen LogP contribution in [0.4, 0.5) is 5.69 Å². The van der Waals surface area contributed by atoms with Gasteiger partial charge in [0.1, 0.15) is 0 Å². The second kappa shape index (κ2) is 4.90. The molecule has 0 amide bonds. The third kappa shape index (κ3) is 2.29. The number of aliphatic hydroxyl groups is 1. The quantitative estimate of drug-likeness (QED) is 0.826. The molecule has 1 aromatic carbocycles. The second-order valence-corrected chi connectivity index (χ2v) is 4.87. The summed E-state index contributed by atoms with van der Waals surface area (Å²) in [6.07, 6.45) is 1.90. The van der Waals surface area contributed by atoms with Crippen molar-refractivity contribution in [1.82, 2.24) is 0 Å². The van der Waals surface area contributed by atoms with E-state index in [0.29, 0.717) is 6.04 Å². The molecule has 0 saturated heterocycles. The van der Waals surface area contributed by atoms with Gasteiger partial charge in [0.15, 0.2) is 0 Å². The molecule has 0 aliphatic carbocycles. The highest BCUT2D eigenvalue weighted by molar-refractivity contribution is 7.99. The fourth-order valence-corrected chi connectivity index (χ4v) is 3.04. The highest BCUT2D eigenvalue weighted by Crippen LogP contribution is 2.36. The van der Waals surface area contributed by atoms with E-state index in [1.807, 2.05) is 11.8 Å². The monoisotopic (exact) mass is 223 g/mol.